The minimum absolute atomic E-state index is 0.141. The van der Waals surface area contributed by atoms with Crippen LogP contribution in [0.1, 0.15) is 22.3 Å². The van der Waals surface area contributed by atoms with Gasteiger partial charge in [0.15, 0.2) is 0 Å². The van der Waals surface area contributed by atoms with Gasteiger partial charge in [0, 0.05) is 30.9 Å². The van der Waals surface area contributed by atoms with Crippen LogP contribution in [0.3, 0.4) is 0 Å². The Morgan fingerprint density at radius 2 is 1.82 bits per heavy atom. The van der Waals surface area contributed by atoms with Crippen molar-refractivity contribution in [1.82, 2.24) is 14.7 Å². The fraction of sp³-hybridized carbons (Fsp3) is 0.308. The van der Waals surface area contributed by atoms with Gasteiger partial charge in [-0.1, -0.05) is 18.7 Å². The number of aromatic nitrogens is 2. The molecular formula is C26H24F6N4OS. The number of alkyl halides is 6. The van der Waals surface area contributed by atoms with Gasteiger partial charge in [0.1, 0.15) is 5.84 Å². The summed E-state index contributed by atoms with van der Waals surface area (Å²) in [6.45, 7) is 5.96. The molecule has 1 fully saturated rings. The van der Waals surface area contributed by atoms with Gasteiger partial charge in [-0.25, -0.2) is 4.99 Å². The van der Waals surface area contributed by atoms with Gasteiger partial charge in [0.2, 0.25) is 0 Å². The molecule has 0 radical (unpaired) electrons. The summed E-state index contributed by atoms with van der Waals surface area (Å²) in [6, 6.07) is 7.06. The van der Waals surface area contributed by atoms with Gasteiger partial charge < -0.3 is 9.64 Å². The number of halogens is 6. The van der Waals surface area contributed by atoms with Gasteiger partial charge >= 0.3 is 12.4 Å². The lowest BCUT2D eigenvalue weighted by molar-refractivity contribution is -0.143. The quantitative estimate of drug-likeness (QED) is 0.193. The number of nitrogens with zero attached hydrogens (tertiary/aromatic N) is 4. The fourth-order valence-corrected chi connectivity index (χ4v) is 4.74. The fourth-order valence-electron chi connectivity index (χ4n) is 4.12. The zero-order chi connectivity index (χ0) is 27.5. The van der Waals surface area contributed by atoms with E-state index in [1.807, 2.05) is 24.5 Å². The third-order valence-electron chi connectivity index (χ3n) is 5.91. The van der Waals surface area contributed by atoms with Crippen LogP contribution in [0.2, 0.25) is 0 Å². The number of hydrogen-bond acceptors (Lipinski definition) is 4. The number of rotatable bonds is 6. The van der Waals surface area contributed by atoms with Crippen molar-refractivity contribution in [3.63, 3.8) is 0 Å². The van der Waals surface area contributed by atoms with Crippen molar-refractivity contribution < 1.29 is 31.1 Å². The second-order valence-corrected chi connectivity index (χ2v) is 9.31. The van der Waals surface area contributed by atoms with Crippen LogP contribution in [0.25, 0.3) is 17.0 Å². The van der Waals surface area contributed by atoms with Gasteiger partial charge in [-0.2, -0.15) is 31.4 Å². The summed E-state index contributed by atoms with van der Waals surface area (Å²) in [4.78, 5) is 7.48. The molecule has 3 aromatic rings. The molecule has 0 unspecified atom stereocenters. The molecule has 1 aliphatic rings. The van der Waals surface area contributed by atoms with E-state index in [9.17, 15) is 26.3 Å². The predicted octanol–water partition coefficient (Wildman–Crippen LogP) is 6.70. The second-order valence-electron chi connectivity index (χ2n) is 8.46. The number of aliphatic imine (C=N–C) groups is 1. The standard InChI is InChI=1S/C26H24F6N4OS/c1-3-33-24(35-8-10-37-11-9-35)23(38-2)13-17-4-7-22-19(12-17)16-36(34-22)15-18-5-6-20(25(27,28)29)14-21(18)26(30,31)32/h3-7,12-14,16H,1,8-11,15H2,2H3/b23-13-,33-24?. The van der Waals surface area contributed by atoms with Crippen molar-refractivity contribution in [2.45, 2.75) is 18.9 Å². The highest BCUT2D eigenvalue weighted by Gasteiger charge is 2.38. The number of thioether (sulfide) groups is 1. The molecule has 2 heterocycles. The van der Waals surface area contributed by atoms with E-state index in [0.29, 0.717) is 43.3 Å². The summed E-state index contributed by atoms with van der Waals surface area (Å²) < 4.78 is 86.4. The highest BCUT2D eigenvalue weighted by molar-refractivity contribution is 8.03. The third kappa shape index (κ3) is 6.41. The molecule has 0 aliphatic carbocycles. The first kappa shape index (κ1) is 27.8. The van der Waals surface area contributed by atoms with Gasteiger partial charge in [-0.05, 0) is 47.7 Å². The normalized spacial score (nSPS) is 15.8. The van der Waals surface area contributed by atoms with Gasteiger partial charge in [0.05, 0.1) is 41.3 Å². The number of fused-ring (bicyclic) bond motifs is 1. The smallest absolute Gasteiger partial charge is 0.378 e. The molecule has 1 aliphatic heterocycles. The molecule has 202 valence electrons. The molecule has 0 amide bonds. The summed E-state index contributed by atoms with van der Waals surface area (Å²) in [6.07, 6.45) is -2.87. The zero-order valence-electron chi connectivity index (χ0n) is 20.3. The number of morpholine rings is 1. The molecule has 5 nitrogen and oxygen atoms in total. The molecule has 1 saturated heterocycles. The van der Waals surface area contributed by atoms with E-state index >= 15 is 0 Å². The van der Waals surface area contributed by atoms with Crippen LogP contribution in [-0.2, 0) is 23.6 Å². The highest BCUT2D eigenvalue weighted by atomic mass is 32.2. The lowest BCUT2D eigenvalue weighted by Crippen LogP contribution is -2.41. The summed E-state index contributed by atoms with van der Waals surface area (Å²) >= 11 is 1.52. The van der Waals surface area contributed by atoms with Crippen LogP contribution in [0.4, 0.5) is 26.3 Å². The van der Waals surface area contributed by atoms with Gasteiger partial charge in [-0.3, -0.25) is 4.68 Å². The monoisotopic (exact) mass is 554 g/mol. The summed E-state index contributed by atoms with van der Waals surface area (Å²) in [5, 5.41) is 5.00. The maximum absolute atomic E-state index is 13.6. The Balaban J connectivity index is 1.64. The van der Waals surface area contributed by atoms with Crippen molar-refractivity contribution in [1.29, 1.82) is 0 Å². The van der Waals surface area contributed by atoms with Crippen LogP contribution in [-0.4, -0.2) is 53.1 Å². The molecule has 0 N–H and O–H groups in total. The van der Waals surface area contributed by atoms with E-state index in [1.165, 1.54) is 22.6 Å². The van der Waals surface area contributed by atoms with Crippen LogP contribution in [0.5, 0.6) is 0 Å². The maximum Gasteiger partial charge on any atom is 0.416 e. The lowest BCUT2D eigenvalue weighted by atomic mass is 10.0. The van der Waals surface area contributed by atoms with E-state index < -0.39 is 23.5 Å². The first-order valence-corrected chi connectivity index (χ1v) is 12.7. The average molecular weight is 555 g/mol. The van der Waals surface area contributed by atoms with Crippen molar-refractivity contribution >= 4 is 34.6 Å². The predicted molar refractivity (Wildman–Crippen MR) is 137 cm³/mol. The summed E-state index contributed by atoms with van der Waals surface area (Å²) in [5.41, 5.74) is -1.62. The Hall–Kier alpha value is -3.25. The number of benzene rings is 2. The molecule has 38 heavy (non-hydrogen) atoms. The third-order valence-corrected chi connectivity index (χ3v) is 6.65. The Morgan fingerprint density at radius 1 is 1.08 bits per heavy atom. The van der Waals surface area contributed by atoms with Crippen LogP contribution in [0.15, 0.2) is 65.3 Å². The molecule has 0 bridgehead atoms. The topological polar surface area (TPSA) is 42.7 Å². The molecule has 2 aromatic carbocycles. The molecule has 1 aromatic heterocycles. The van der Waals surface area contributed by atoms with E-state index in [1.54, 1.807) is 12.3 Å². The Morgan fingerprint density at radius 3 is 2.45 bits per heavy atom. The summed E-state index contributed by atoms with van der Waals surface area (Å²) in [5.74, 6) is 0.772. The lowest BCUT2D eigenvalue weighted by Gasteiger charge is -2.30. The minimum atomic E-state index is -4.94. The summed E-state index contributed by atoms with van der Waals surface area (Å²) in [7, 11) is 0. The van der Waals surface area contributed by atoms with Gasteiger partial charge in [-0.15, -0.1) is 11.8 Å². The largest absolute Gasteiger partial charge is 0.416 e. The van der Waals surface area contributed by atoms with Crippen LogP contribution >= 0.6 is 11.8 Å². The zero-order valence-corrected chi connectivity index (χ0v) is 21.1. The van der Waals surface area contributed by atoms with Crippen LogP contribution < -0.4 is 0 Å². The number of ether oxygens (including phenoxy) is 1. The number of amidine groups is 1. The van der Waals surface area contributed by atoms with Crippen LogP contribution in [0, 0.1) is 0 Å². The average Bonchev–Trinajstić information content (AvgIpc) is 3.27. The molecule has 0 saturated carbocycles. The van der Waals surface area contributed by atoms with E-state index in [0.717, 1.165) is 22.4 Å². The Kier molecular flexibility index (Phi) is 8.22. The second kappa shape index (κ2) is 11.2. The molecule has 12 heteroatoms. The van der Waals surface area contributed by atoms with Crippen molar-refractivity contribution in [2.75, 3.05) is 32.6 Å². The number of hydrogen-bond donors (Lipinski definition) is 0. The van der Waals surface area contributed by atoms with E-state index in [2.05, 4.69) is 21.6 Å². The maximum atomic E-state index is 13.6. The van der Waals surface area contributed by atoms with Crippen molar-refractivity contribution in [2.24, 2.45) is 4.99 Å². The SMILES string of the molecule is C=CN=C(/C(=C/c1ccc2nn(Cc3ccc(C(F)(F)F)cc3C(F)(F)F)cc2c1)SC)N1CCOCC1. The first-order valence-electron chi connectivity index (χ1n) is 11.5. The molecule has 4 rings (SSSR count). The van der Waals surface area contributed by atoms with Crippen molar-refractivity contribution in [3.05, 3.63) is 82.5 Å². The Labute approximate surface area is 219 Å². The minimum Gasteiger partial charge on any atom is -0.378 e. The van der Waals surface area contributed by atoms with E-state index in [4.69, 9.17) is 4.74 Å². The highest BCUT2D eigenvalue weighted by Crippen LogP contribution is 2.37. The first-order chi connectivity index (χ1) is 18.0. The van der Waals surface area contributed by atoms with Gasteiger partial charge in [0.25, 0.3) is 0 Å². The molecular weight excluding hydrogens is 530 g/mol. The van der Waals surface area contributed by atoms with E-state index in [-0.39, 0.29) is 18.2 Å². The Bertz CT molecular complexity index is 1370. The van der Waals surface area contributed by atoms with Crippen molar-refractivity contribution in [3.8, 4) is 0 Å². The molecule has 0 spiro atoms. The molecule has 0 atom stereocenters.